The normalized spacial score (nSPS) is 14.8. The van der Waals surface area contributed by atoms with Crippen molar-refractivity contribution in [1.29, 1.82) is 0 Å². The summed E-state index contributed by atoms with van der Waals surface area (Å²) >= 11 is 1.24. The lowest BCUT2D eigenvalue weighted by Crippen LogP contribution is -2.28. The number of ether oxygens (including phenoxy) is 1. The first kappa shape index (κ1) is 32.9. The van der Waals surface area contributed by atoms with Gasteiger partial charge in [0.25, 0.3) is 11.8 Å². The summed E-state index contributed by atoms with van der Waals surface area (Å²) in [5.41, 5.74) is 4.19. The number of thioether (sulfide) groups is 1. The van der Waals surface area contributed by atoms with Crippen molar-refractivity contribution in [3.8, 4) is 5.75 Å². The van der Waals surface area contributed by atoms with Crippen LogP contribution in [-0.2, 0) is 28.4 Å². The molecule has 5 rings (SSSR count). The third-order valence-electron chi connectivity index (χ3n) is 7.60. The van der Waals surface area contributed by atoms with E-state index in [1.807, 2.05) is 55.5 Å². The van der Waals surface area contributed by atoms with Crippen molar-refractivity contribution in [2.45, 2.75) is 36.0 Å². The van der Waals surface area contributed by atoms with Crippen molar-refractivity contribution in [3.63, 3.8) is 0 Å². The summed E-state index contributed by atoms with van der Waals surface area (Å²) < 4.78 is 32.7. The molecule has 0 spiro atoms. The molecular formula is C32H35N7O5S2. The maximum atomic E-state index is 13.6. The first-order valence-electron chi connectivity index (χ1n) is 14.4. The number of nitrogens with zero attached hydrogens (tertiary/aromatic N) is 6. The third-order valence-corrected chi connectivity index (χ3v) is 10.4. The molecule has 1 N–H and O–H groups in total. The Hall–Kier alpha value is -4.53. The molecule has 0 bridgehead atoms. The molecule has 0 saturated carbocycles. The minimum Gasteiger partial charge on any atom is -0.497 e. The number of aryl methyl sites for hydroxylation is 1. The molecule has 0 aliphatic carbocycles. The summed E-state index contributed by atoms with van der Waals surface area (Å²) in [5, 5.41) is 18.0. The number of nitrogens with one attached hydrogen (secondary N) is 1. The molecule has 12 nitrogen and oxygen atoms in total. The Bertz CT molecular complexity index is 1850. The summed E-state index contributed by atoms with van der Waals surface area (Å²) in [7, 11) is 2.68. The number of aromatic nitrogens is 3. The van der Waals surface area contributed by atoms with Crippen molar-refractivity contribution in [2.24, 2.45) is 12.1 Å². The fourth-order valence-electron chi connectivity index (χ4n) is 4.81. The van der Waals surface area contributed by atoms with Crippen LogP contribution in [0, 0.1) is 6.92 Å². The topological polar surface area (TPSA) is 139 Å². The average molecular weight is 662 g/mol. The molecule has 46 heavy (non-hydrogen) atoms. The van der Waals surface area contributed by atoms with Crippen LogP contribution in [0.5, 0.6) is 5.75 Å². The van der Waals surface area contributed by atoms with Gasteiger partial charge in [0.15, 0.2) is 11.0 Å². The van der Waals surface area contributed by atoms with Gasteiger partial charge in [-0.15, -0.1) is 10.2 Å². The number of carbonyl (C=O) groups is 2. The molecule has 1 aromatic heterocycles. The van der Waals surface area contributed by atoms with Crippen LogP contribution >= 0.6 is 11.8 Å². The first-order valence-corrected chi connectivity index (χ1v) is 16.8. The van der Waals surface area contributed by atoms with Gasteiger partial charge >= 0.3 is 0 Å². The van der Waals surface area contributed by atoms with Gasteiger partial charge in [0, 0.05) is 33.1 Å². The van der Waals surface area contributed by atoms with Crippen molar-refractivity contribution in [2.75, 3.05) is 27.0 Å². The van der Waals surface area contributed by atoms with E-state index in [2.05, 4.69) is 15.5 Å². The minimum atomic E-state index is -3.59. The fourth-order valence-corrected chi connectivity index (χ4v) is 6.50. The molecule has 14 heteroatoms. The minimum absolute atomic E-state index is 0.0856. The SMILES string of the molecule is COc1ccc(C2=NN(C(=O)CSc3nnc(CNC(=O)c4ccc(S(=O)(=O)N(C)C)cc4)n3C)[C@H](c3ccc(C)cc3)C2)cc1. The highest BCUT2D eigenvalue weighted by Crippen LogP contribution is 2.34. The van der Waals surface area contributed by atoms with Crippen LogP contribution in [0.2, 0.25) is 0 Å². The quantitative estimate of drug-likeness (QED) is 0.240. The van der Waals surface area contributed by atoms with Gasteiger partial charge in [-0.25, -0.2) is 17.7 Å². The highest BCUT2D eigenvalue weighted by Gasteiger charge is 2.33. The lowest BCUT2D eigenvalue weighted by Gasteiger charge is -2.22. The smallest absolute Gasteiger partial charge is 0.253 e. The van der Waals surface area contributed by atoms with Gasteiger partial charge in [0.1, 0.15) is 5.75 Å². The second-order valence-electron chi connectivity index (χ2n) is 10.9. The molecular weight excluding hydrogens is 627 g/mol. The van der Waals surface area contributed by atoms with Crippen LogP contribution in [0.15, 0.2) is 87.9 Å². The number of methoxy groups -OCH3 is 1. The Morgan fingerprint density at radius 3 is 2.30 bits per heavy atom. The van der Waals surface area contributed by atoms with Crippen LogP contribution < -0.4 is 10.1 Å². The van der Waals surface area contributed by atoms with E-state index in [9.17, 15) is 18.0 Å². The van der Waals surface area contributed by atoms with E-state index in [0.29, 0.717) is 23.0 Å². The molecule has 4 aromatic rings. The van der Waals surface area contributed by atoms with Gasteiger partial charge in [-0.2, -0.15) is 5.10 Å². The van der Waals surface area contributed by atoms with E-state index in [1.165, 1.54) is 50.1 Å². The molecule has 0 saturated heterocycles. The number of sulfonamides is 1. The molecule has 3 aromatic carbocycles. The molecule has 0 radical (unpaired) electrons. The molecule has 2 heterocycles. The van der Waals surface area contributed by atoms with E-state index in [-0.39, 0.29) is 35.0 Å². The zero-order valence-electron chi connectivity index (χ0n) is 26.2. The monoisotopic (exact) mass is 661 g/mol. The number of hydrogen-bond donors (Lipinski definition) is 1. The number of benzene rings is 3. The molecule has 1 aliphatic heterocycles. The van der Waals surface area contributed by atoms with Crippen molar-refractivity contribution in [3.05, 3.63) is 101 Å². The maximum Gasteiger partial charge on any atom is 0.253 e. The van der Waals surface area contributed by atoms with E-state index in [0.717, 1.165) is 32.5 Å². The van der Waals surface area contributed by atoms with Gasteiger partial charge in [0.2, 0.25) is 10.0 Å². The van der Waals surface area contributed by atoms with Crippen molar-refractivity contribution >= 4 is 39.3 Å². The Morgan fingerprint density at radius 1 is 1.00 bits per heavy atom. The number of hydrazone groups is 1. The second-order valence-corrected chi connectivity index (χ2v) is 14.0. The Balaban J connectivity index is 1.23. The van der Waals surface area contributed by atoms with E-state index < -0.39 is 10.0 Å². The number of amides is 2. The highest BCUT2D eigenvalue weighted by atomic mass is 32.2. The van der Waals surface area contributed by atoms with Gasteiger partial charge < -0.3 is 14.6 Å². The van der Waals surface area contributed by atoms with Crippen molar-refractivity contribution in [1.82, 2.24) is 29.4 Å². The lowest BCUT2D eigenvalue weighted by molar-refractivity contribution is -0.130. The standard InChI is InChI=1S/C32H35N7O5S2/c1-21-6-8-23(9-7-21)28-18-27(22-10-14-25(44-5)15-11-22)36-39(28)30(40)20-45-32-35-34-29(38(32)4)19-33-31(41)24-12-16-26(17-13-24)46(42,43)37(2)3/h6-17,28H,18-20H2,1-5H3,(H,33,41)/t28-/m0/s1. The summed E-state index contributed by atoms with van der Waals surface area (Å²) in [6, 6.07) is 21.2. The number of rotatable bonds is 11. The van der Waals surface area contributed by atoms with Crippen LogP contribution in [0.4, 0.5) is 0 Å². The molecule has 0 unspecified atom stereocenters. The fraction of sp³-hybridized carbons (Fsp3) is 0.281. The van der Waals surface area contributed by atoms with Gasteiger partial charge in [0.05, 0.1) is 36.1 Å². The molecule has 0 fully saturated rings. The van der Waals surface area contributed by atoms with E-state index >= 15 is 0 Å². The molecule has 2 amide bonds. The van der Waals surface area contributed by atoms with Crippen LogP contribution in [-0.4, -0.2) is 77.0 Å². The van der Waals surface area contributed by atoms with Crippen LogP contribution in [0.25, 0.3) is 0 Å². The summed E-state index contributed by atoms with van der Waals surface area (Å²) in [6.45, 7) is 2.11. The van der Waals surface area contributed by atoms with Crippen molar-refractivity contribution < 1.29 is 22.7 Å². The number of carbonyl (C=O) groups excluding carboxylic acids is 2. The average Bonchev–Trinajstić information content (AvgIpc) is 3.66. The summed E-state index contributed by atoms with van der Waals surface area (Å²) in [6.07, 6.45) is 0.577. The number of hydrogen-bond acceptors (Lipinski definition) is 9. The van der Waals surface area contributed by atoms with Crippen LogP contribution in [0.1, 0.15) is 45.3 Å². The van der Waals surface area contributed by atoms with E-state index in [1.54, 1.807) is 23.7 Å². The zero-order valence-corrected chi connectivity index (χ0v) is 27.8. The zero-order chi connectivity index (χ0) is 33.0. The predicted octanol–water partition coefficient (Wildman–Crippen LogP) is 3.78. The Kier molecular flexibility index (Phi) is 9.89. The third kappa shape index (κ3) is 7.14. The van der Waals surface area contributed by atoms with E-state index in [4.69, 9.17) is 9.84 Å². The lowest BCUT2D eigenvalue weighted by atomic mass is 9.97. The first-order chi connectivity index (χ1) is 22.0. The predicted molar refractivity (Wildman–Crippen MR) is 175 cm³/mol. The molecule has 240 valence electrons. The summed E-state index contributed by atoms with van der Waals surface area (Å²) in [4.78, 5) is 26.4. The van der Waals surface area contributed by atoms with Gasteiger partial charge in [-0.05, 0) is 66.6 Å². The van der Waals surface area contributed by atoms with Crippen LogP contribution in [0.3, 0.4) is 0 Å². The maximum absolute atomic E-state index is 13.6. The van der Waals surface area contributed by atoms with Gasteiger partial charge in [-0.1, -0.05) is 41.6 Å². The highest BCUT2D eigenvalue weighted by molar-refractivity contribution is 7.99. The Labute approximate surface area is 272 Å². The second kappa shape index (κ2) is 13.8. The molecule has 1 atom stereocenters. The van der Waals surface area contributed by atoms with Gasteiger partial charge in [-0.3, -0.25) is 9.59 Å². The largest absolute Gasteiger partial charge is 0.497 e. The summed E-state index contributed by atoms with van der Waals surface area (Å²) in [5.74, 6) is 0.770. The molecule has 1 aliphatic rings. The Morgan fingerprint density at radius 2 is 1.67 bits per heavy atom.